The van der Waals surface area contributed by atoms with Gasteiger partial charge in [0.15, 0.2) is 0 Å². The number of carbonyl (C=O) groups is 1. The molecule has 1 aliphatic rings. The lowest BCUT2D eigenvalue weighted by atomic mass is 10.1. The Kier molecular flexibility index (Phi) is 7.62. The molecule has 0 atom stereocenters. The number of anilines is 2. The lowest BCUT2D eigenvalue weighted by molar-refractivity contribution is 0.215. The van der Waals surface area contributed by atoms with Crippen molar-refractivity contribution in [1.29, 1.82) is 0 Å². The highest BCUT2D eigenvalue weighted by molar-refractivity contribution is 7.09. The van der Waals surface area contributed by atoms with Crippen LogP contribution in [0.4, 0.5) is 15.6 Å². The molecule has 8 nitrogen and oxygen atoms in total. The molecule has 1 N–H and O–H groups in total. The Bertz CT molecular complexity index is 1070. The Hall–Kier alpha value is -3.33. The first kappa shape index (κ1) is 22.8. The normalized spacial score (nSPS) is 14.0. The Morgan fingerprint density at radius 3 is 2.85 bits per heavy atom. The van der Waals surface area contributed by atoms with Crippen LogP contribution in [0.25, 0.3) is 0 Å². The number of benzene rings is 2. The van der Waals surface area contributed by atoms with Crippen molar-refractivity contribution in [3.05, 3.63) is 59.9 Å². The van der Waals surface area contributed by atoms with E-state index in [0.29, 0.717) is 44.1 Å². The predicted molar refractivity (Wildman–Crippen MR) is 131 cm³/mol. The molecule has 0 saturated carbocycles. The van der Waals surface area contributed by atoms with E-state index in [0.717, 1.165) is 35.2 Å². The Labute approximate surface area is 198 Å². The van der Waals surface area contributed by atoms with Crippen LogP contribution in [0, 0.1) is 0 Å². The van der Waals surface area contributed by atoms with Crippen LogP contribution in [-0.2, 0) is 6.42 Å². The van der Waals surface area contributed by atoms with Gasteiger partial charge in [0.1, 0.15) is 17.3 Å². The monoisotopic (exact) mass is 467 g/mol. The maximum absolute atomic E-state index is 12.9. The van der Waals surface area contributed by atoms with Gasteiger partial charge in [-0.1, -0.05) is 24.3 Å². The smallest absolute Gasteiger partial charge is 0.322 e. The summed E-state index contributed by atoms with van der Waals surface area (Å²) in [6.45, 7) is 5.34. The third kappa shape index (κ3) is 5.92. The molecule has 2 aromatic carbocycles. The van der Waals surface area contributed by atoms with Crippen LogP contribution in [-0.4, -0.2) is 60.2 Å². The highest BCUT2D eigenvalue weighted by Gasteiger charge is 2.22. The number of nitrogens with zero attached hydrogens (tertiary/aromatic N) is 4. The number of nitrogens with one attached hydrogen (secondary N) is 1. The summed E-state index contributed by atoms with van der Waals surface area (Å²) in [5.41, 5.74) is 1.81. The first-order valence-electron chi connectivity index (χ1n) is 11.1. The minimum Gasteiger partial charge on any atom is -0.497 e. The second-order valence-corrected chi connectivity index (χ2v) is 8.44. The molecule has 33 heavy (non-hydrogen) atoms. The van der Waals surface area contributed by atoms with Crippen molar-refractivity contribution >= 4 is 28.4 Å². The second-order valence-electron chi connectivity index (χ2n) is 7.71. The minimum absolute atomic E-state index is 0.111. The number of hydrogen-bond acceptors (Lipinski definition) is 7. The van der Waals surface area contributed by atoms with E-state index in [9.17, 15) is 4.79 Å². The molecule has 9 heteroatoms. The second kappa shape index (κ2) is 11.0. The summed E-state index contributed by atoms with van der Waals surface area (Å²) in [6.07, 6.45) is 1.53. The molecule has 1 aliphatic heterocycles. The molecule has 1 saturated heterocycles. The van der Waals surface area contributed by atoms with Crippen molar-refractivity contribution in [2.45, 2.75) is 19.8 Å². The third-order valence-electron chi connectivity index (χ3n) is 5.44. The molecular formula is C24H29N5O3S. The van der Waals surface area contributed by atoms with Crippen molar-refractivity contribution in [2.24, 2.45) is 0 Å². The summed E-state index contributed by atoms with van der Waals surface area (Å²) in [6, 6.07) is 15.4. The molecule has 174 valence electrons. The molecule has 1 fully saturated rings. The molecule has 3 aromatic rings. The summed E-state index contributed by atoms with van der Waals surface area (Å²) < 4.78 is 15.5. The zero-order chi connectivity index (χ0) is 23.0. The number of aromatic nitrogens is 2. The highest BCUT2D eigenvalue weighted by atomic mass is 32.1. The summed E-state index contributed by atoms with van der Waals surface area (Å²) in [7, 11) is 1.67. The van der Waals surface area contributed by atoms with Crippen LogP contribution in [0.1, 0.15) is 24.7 Å². The van der Waals surface area contributed by atoms with E-state index in [-0.39, 0.29) is 6.03 Å². The number of rotatable bonds is 7. The van der Waals surface area contributed by atoms with Crippen molar-refractivity contribution in [3.8, 4) is 11.5 Å². The summed E-state index contributed by atoms with van der Waals surface area (Å²) in [5, 5.41) is 3.90. The Balaban J connectivity index is 1.35. The molecule has 0 radical (unpaired) electrons. The van der Waals surface area contributed by atoms with Gasteiger partial charge < -0.3 is 24.6 Å². The van der Waals surface area contributed by atoms with E-state index in [1.165, 1.54) is 11.5 Å². The highest BCUT2D eigenvalue weighted by Crippen LogP contribution is 2.25. The van der Waals surface area contributed by atoms with E-state index in [1.807, 2.05) is 54.3 Å². The first-order chi connectivity index (χ1) is 16.2. The maximum Gasteiger partial charge on any atom is 0.322 e. The van der Waals surface area contributed by atoms with Crippen LogP contribution in [0.15, 0.2) is 48.5 Å². The van der Waals surface area contributed by atoms with E-state index in [1.54, 1.807) is 7.11 Å². The lowest BCUT2D eigenvalue weighted by Crippen LogP contribution is -2.38. The first-order valence-corrected chi connectivity index (χ1v) is 11.9. The largest absolute Gasteiger partial charge is 0.497 e. The van der Waals surface area contributed by atoms with Crippen LogP contribution >= 0.6 is 11.5 Å². The minimum atomic E-state index is -0.111. The number of urea groups is 1. The quantitative estimate of drug-likeness (QED) is 0.559. The number of carbonyl (C=O) groups excluding carboxylic acids is 1. The van der Waals surface area contributed by atoms with Crippen LogP contribution in [0.3, 0.4) is 0 Å². The van der Waals surface area contributed by atoms with Crippen molar-refractivity contribution in [1.82, 2.24) is 14.3 Å². The van der Waals surface area contributed by atoms with Gasteiger partial charge in [-0.3, -0.25) is 0 Å². The Morgan fingerprint density at radius 2 is 2.00 bits per heavy atom. The fourth-order valence-electron chi connectivity index (χ4n) is 3.77. The summed E-state index contributed by atoms with van der Waals surface area (Å²) >= 11 is 1.41. The van der Waals surface area contributed by atoms with Crippen LogP contribution in [0.2, 0.25) is 0 Å². The van der Waals surface area contributed by atoms with E-state index >= 15 is 0 Å². The van der Waals surface area contributed by atoms with Crippen molar-refractivity contribution < 1.29 is 14.3 Å². The van der Waals surface area contributed by atoms with Gasteiger partial charge in [-0.2, -0.15) is 4.37 Å². The molecule has 0 aliphatic carbocycles. The van der Waals surface area contributed by atoms with Crippen LogP contribution in [0.5, 0.6) is 11.5 Å². The van der Waals surface area contributed by atoms with Gasteiger partial charge in [-0.25, -0.2) is 9.78 Å². The summed E-state index contributed by atoms with van der Waals surface area (Å²) in [5.74, 6) is 2.31. The zero-order valence-corrected chi connectivity index (χ0v) is 19.8. The van der Waals surface area contributed by atoms with E-state index in [2.05, 4.69) is 20.7 Å². The van der Waals surface area contributed by atoms with E-state index in [4.69, 9.17) is 14.5 Å². The molecular weight excluding hydrogens is 438 g/mol. The fraction of sp³-hybridized carbons (Fsp3) is 0.375. The predicted octanol–water partition coefficient (Wildman–Crippen LogP) is 4.28. The number of para-hydroxylation sites is 2. The number of amides is 2. The zero-order valence-electron chi connectivity index (χ0n) is 19.0. The summed E-state index contributed by atoms with van der Waals surface area (Å²) in [4.78, 5) is 21.7. The lowest BCUT2D eigenvalue weighted by Gasteiger charge is -2.22. The number of hydrogen-bond donors (Lipinski definition) is 1. The van der Waals surface area contributed by atoms with Crippen molar-refractivity contribution in [2.75, 3.05) is 50.1 Å². The van der Waals surface area contributed by atoms with Gasteiger partial charge in [0.05, 0.1) is 19.4 Å². The van der Waals surface area contributed by atoms with Gasteiger partial charge in [-0.15, -0.1) is 0 Å². The van der Waals surface area contributed by atoms with Gasteiger partial charge in [-0.05, 0) is 43.2 Å². The molecule has 1 aromatic heterocycles. The van der Waals surface area contributed by atoms with Gasteiger partial charge in [0, 0.05) is 44.1 Å². The molecule has 2 amide bonds. The van der Waals surface area contributed by atoms with Gasteiger partial charge >= 0.3 is 6.03 Å². The van der Waals surface area contributed by atoms with Crippen LogP contribution < -0.4 is 19.7 Å². The number of methoxy groups -OCH3 is 1. The standard InChI is InChI=1S/C24H29N5O3S/c1-3-32-21-11-5-4-10-20(21)25-23(30)28-12-7-13-29(15-14-28)24-26-22(27-33-24)17-18-8-6-9-19(16-18)31-2/h4-6,8-11,16H,3,7,12-15,17H2,1-2H3,(H,25,30). The maximum atomic E-state index is 12.9. The molecule has 0 spiro atoms. The molecule has 2 heterocycles. The molecule has 0 bridgehead atoms. The topological polar surface area (TPSA) is 79.8 Å². The average Bonchev–Trinajstić information content (AvgIpc) is 3.15. The molecule has 4 rings (SSSR count). The fourth-order valence-corrected chi connectivity index (χ4v) is 4.50. The van der Waals surface area contributed by atoms with Gasteiger partial charge in [0.2, 0.25) is 5.13 Å². The number of ether oxygens (including phenoxy) is 2. The third-order valence-corrected chi connectivity index (χ3v) is 6.25. The van der Waals surface area contributed by atoms with E-state index < -0.39 is 0 Å². The Morgan fingerprint density at radius 1 is 1.12 bits per heavy atom. The van der Waals surface area contributed by atoms with Gasteiger partial charge in [0.25, 0.3) is 0 Å². The SMILES string of the molecule is CCOc1ccccc1NC(=O)N1CCCN(c2nc(Cc3cccc(OC)c3)ns2)CC1. The molecule has 0 unspecified atom stereocenters. The average molecular weight is 468 g/mol. The van der Waals surface area contributed by atoms with Crippen molar-refractivity contribution in [3.63, 3.8) is 0 Å².